The van der Waals surface area contributed by atoms with E-state index in [-0.39, 0.29) is 12.0 Å². The molecule has 7 heteroatoms. The third-order valence-electron chi connectivity index (χ3n) is 9.13. The smallest absolute Gasteiger partial charge is 0.225 e. The number of hydrogen-bond donors (Lipinski definition) is 0. The van der Waals surface area contributed by atoms with Crippen LogP contribution < -0.4 is 4.74 Å². The zero-order chi connectivity index (χ0) is 29.2. The molecule has 2 atom stereocenters. The first-order valence-electron chi connectivity index (χ1n) is 15.2. The van der Waals surface area contributed by atoms with Crippen LogP contribution >= 0.6 is 0 Å². The molecule has 220 valence electrons. The Morgan fingerprint density at radius 2 is 1.79 bits per heavy atom. The van der Waals surface area contributed by atoms with Gasteiger partial charge in [0.1, 0.15) is 11.4 Å². The molecular formula is C35H42N4O3. The Kier molecular flexibility index (Phi) is 8.31. The number of ether oxygens (including phenoxy) is 2. The largest absolute Gasteiger partial charge is 0.497 e. The number of nitrogens with zero attached hydrogens (tertiary/aromatic N) is 4. The van der Waals surface area contributed by atoms with E-state index in [2.05, 4.69) is 76.7 Å². The lowest BCUT2D eigenvalue weighted by Crippen LogP contribution is -2.50. The number of aryl methyl sites for hydroxylation is 2. The minimum atomic E-state index is 0.0946. The molecule has 6 rings (SSSR count). The van der Waals surface area contributed by atoms with Crippen LogP contribution in [-0.2, 0) is 16.1 Å². The number of piperazine rings is 1. The molecule has 0 bridgehead atoms. The predicted molar refractivity (Wildman–Crippen MR) is 167 cm³/mol. The number of carbonyl (C=O) groups excluding carboxylic acids is 1. The number of fused-ring (bicyclic) bond motifs is 1. The SMILES string of the molecule is COc1cccc(-c2nc3ccc(-c4cc(C)ccc4C)cn3c2CN2CCN(C(=O)C3CCCC(OC)C3)CC2)c1. The van der Waals surface area contributed by atoms with E-state index in [1.165, 1.54) is 22.3 Å². The first-order valence-corrected chi connectivity index (χ1v) is 15.2. The van der Waals surface area contributed by atoms with E-state index in [0.29, 0.717) is 5.91 Å². The van der Waals surface area contributed by atoms with E-state index in [4.69, 9.17) is 14.5 Å². The summed E-state index contributed by atoms with van der Waals surface area (Å²) >= 11 is 0. The number of imidazole rings is 1. The highest BCUT2D eigenvalue weighted by atomic mass is 16.5. The van der Waals surface area contributed by atoms with Crippen molar-refractivity contribution in [3.8, 4) is 28.1 Å². The lowest BCUT2D eigenvalue weighted by atomic mass is 9.86. The molecule has 0 radical (unpaired) electrons. The molecule has 2 aromatic carbocycles. The molecule has 1 saturated carbocycles. The van der Waals surface area contributed by atoms with Crippen LogP contribution in [0.15, 0.2) is 60.8 Å². The van der Waals surface area contributed by atoms with Crippen LogP contribution in [-0.4, -0.2) is 71.6 Å². The second-order valence-electron chi connectivity index (χ2n) is 11.9. The van der Waals surface area contributed by atoms with Crippen LogP contribution in [0.25, 0.3) is 28.0 Å². The molecule has 2 fully saturated rings. The summed E-state index contributed by atoms with van der Waals surface area (Å²) in [5.41, 5.74) is 9.01. The van der Waals surface area contributed by atoms with E-state index in [1.54, 1.807) is 14.2 Å². The quantitative estimate of drug-likeness (QED) is 0.269. The third kappa shape index (κ3) is 5.81. The minimum Gasteiger partial charge on any atom is -0.497 e. The van der Waals surface area contributed by atoms with Gasteiger partial charge in [-0.3, -0.25) is 9.69 Å². The van der Waals surface area contributed by atoms with Crippen LogP contribution in [0, 0.1) is 19.8 Å². The number of methoxy groups -OCH3 is 2. The van der Waals surface area contributed by atoms with Crippen molar-refractivity contribution in [1.29, 1.82) is 0 Å². The first kappa shape index (κ1) is 28.4. The van der Waals surface area contributed by atoms with Gasteiger partial charge in [0.05, 0.1) is 24.6 Å². The van der Waals surface area contributed by atoms with Gasteiger partial charge in [0, 0.05) is 57.5 Å². The molecule has 1 aliphatic heterocycles. The van der Waals surface area contributed by atoms with E-state index in [9.17, 15) is 4.79 Å². The Morgan fingerprint density at radius 3 is 2.57 bits per heavy atom. The van der Waals surface area contributed by atoms with Gasteiger partial charge in [-0.1, -0.05) is 42.3 Å². The summed E-state index contributed by atoms with van der Waals surface area (Å²) in [5.74, 6) is 1.22. The number of rotatable bonds is 7. The van der Waals surface area contributed by atoms with Crippen molar-refractivity contribution in [2.24, 2.45) is 5.92 Å². The number of amides is 1. The van der Waals surface area contributed by atoms with Crippen LogP contribution in [0.5, 0.6) is 5.75 Å². The molecule has 1 saturated heterocycles. The van der Waals surface area contributed by atoms with Crippen LogP contribution in [0.3, 0.4) is 0 Å². The highest BCUT2D eigenvalue weighted by Crippen LogP contribution is 2.32. The van der Waals surface area contributed by atoms with Gasteiger partial charge < -0.3 is 18.8 Å². The fraction of sp³-hybridized carbons (Fsp3) is 0.429. The highest BCUT2D eigenvalue weighted by Gasteiger charge is 2.32. The zero-order valence-corrected chi connectivity index (χ0v) is 25.3. The summed E-state index contributed by atoms with van der Waals surface area (Å²) in [6, 6.07) is 19.1. The molecule has 0 spiro atoms. The Bertz CT molecular complexity index is 1570. The summed E-state index contributed by atoms with van der Waals surface area (Å²) in [4.78, 5) is 23.0. The average Bonchev–Trinajstić information content (AvgIpc) is 3.39. The van der Waals surface area contributed by atoms with Gasteiger partial charge in [0.2, 0.25) is 5.91 Å². The molecule has 2 aromatic heterocycles. The number of pyridine rings is 1. The highest BCUT2D eigenvalue weighted by molar-refractivity contribution is 5.79. The first-order chi connectivity index (χ1) is 20.4. The van der Waals surface area contributed by atoms with Gasteiger partial charge in [-0.15, -0.1) is 0 Å². The average molecular weight is 567 g/mol. The normalized spacial score (nSPS) is 19.8. The lowest BCUT2D eigenvalue weighted by molar-refractivity contribution is -0.140. The number of aromatic nitrogens is 2. The van der Waals surface area contributed by atoms with Gasteiger partial charge in [-0.25, -0.2) is 4.98 Å². The molecule has 1 amide bonds. The second kappa shape index (κ2) is 12.3. The van der Waals surface area contributed by atoms with E-state index in [0.717, 1.165) is 86.8 Å². The van der Waals surface area contributed by atoms with E-state index >= 15 is 0 Å². The Balaban J connectivity index is 1.28. The second-order valence-corrected chi connectivity index (χ2v) is 11.9. The summed E-state index contributed by atoms with van der Waals surface area (Å²) in [6.07, 6.45) is 6.41. The van der Waals surface area contributed by atoms with Crippen LogP contribution in [0.4, 0.5) is 0 Å². The zero-order valence-electron chi connectivity index (χ0n) is 25.3. The summed E-state index contributed by atoms with van der Waals surface area (Å²) in [6.45, 7) is 8.25. The monoisotopic (exact) mass is 566 g/mol. The van der Waals surface area contributed by atoms with Crippen molar-refractivity contribution in [3.63, 3.8) is 0 Å². The Labute approximate surface area is 249 Å². The van der Waals surface area contributed by atoms with Crippen molar-refractivity contribution in [2.75, 3.05) is 40.4 Å². The summed E-state index contributed by atoms with van der Waals surface area (Å²) in [7, 11) is 3.46. The molecule has 2 aliphatic rings. The Morgan fingerprint density at radius 1 is 0.952 bits per heavy atom. The minimum absolute atomic E-state index is 0.0946. The van der Waals surface area contributed by atoms with Gasteiger partial charge in [0.25, 0.3) is 0 Å². The maximum absolute atomic E-state index is 13.4. The van der Waals surface area contributed by atoms with Gasteiger partial charge >= 0.3 is 0 Å². The van der Waals surface area contributed by atoms with Crippen molar-refractivity contribution in [1.82, 2.24) is 19.2 Å². The number of benzene rings is 2. The maximum atomic E-state index is 13.4. The molecule has 7 nitrogen and oxygen atoms in total. The maximum Gasteiger partial charge on any atom is 0.225 e. The molecule has 0 N–H and O–H groups in total. The Hall–Kier alpha value is -3.68. The van der Waals surface area contributed by atoms with E-state index < -0.39 is 0 Å². The van der Waals surface area contributed by atoms with Crippen LogP contribution in [0.1, 0.15) is 42.5 Å². The predicted octanol–water partition coefficient (Wildman–Crippen LogP) is 6.14. The number of hydrogen-bond acceptors (Lipinski definition) is 5. The van der Waals surface area contributed by atoms with Crippen LogP contribution in [0.2, 0.25) is 0 Å². The van der Waals surface area contributed by atoms with Crippen molar-refractivity contribution in [2.45, 2.75) is 52.2 Å². The topological polar surface area (TPSA) is 59.3 Å². The molecular weight excluding hydrogens is 524 g/mol. The number of carbonyl (C=O) groups is 1. The summed E-state index contributed by atoms with van der Waals surface area (Å²) < 4.78 is 13.4. The van der Waals surface area contributed by atoms with E-state index in [1.807, 2.05) is 12.1 Å². The fourth-order valence-corrected chi connectivity index (χ4v) is 6.63. The van der Waals surface area contributed by atoms with Crippen molar-refractivity contribution < 1.29 is 14.3 Å². The fourth-order valence-electron chi connectivity index (χ4n) is 6.63. The van der Waals surface area contributed by atoms with Crippen molar-refractivity contribution >= 4 is 11.6 Å². The molecule has 2 unspecified atom stereocenters. The molecule has 42 heavy (non-hydrogen) atoms. The molecule has 4 aromatic rings. The lowest BCUT2D eigenvalue weighted by Gasteiger charge is -2.38. The molecule has 3 heterocycles. The van der Waals surface area contributed by atoms with Gasteiger partial charge in [0.15, 0.2) is 0 Å². The standard InChI is InChI=1S/C35H42N4O3/c1-24-11-12-25(2)31(19-24)28-13-14-33-36-34(26-7-5-9-29(20-26)41-3)32(39(33)22-28)23-37-15-17-38(18-16-37)35(40)27-8-6-10-30(21-27)42-4/h5,7,9,11-14,19-20,22,27,30H,6,8,10,15-18,21,23H2,1-4H3. The third-order valence-corrected chi connectivity index (χ3v) is 9.13. The van der Waals surface area contributed by atoms with Gasteiger partial charge in [-0.05, 0) is 74.1 Å². The van der Waals surface area contributed by atoms with Gasteiger partial charge in [-0.2, -0.15) is 0 Å². The van der Waals surface area contributed by atoms with Crippen molar-refractivity contribution in [3.05, 3.63) is 77.6 Å². The molecule has 1 aliphatic carbocycles. The summed E-state index contributed by atoms with van der Waals surface area (Å²) in [5, 5.41) is 0.